The fourth-order valence-corrected chi connectivity index (χ4v) is 2.36. The molecule has 1 aliphatic carbocycles. The van der Waals surface area contributed by atoms with Gasteiger partial charge in [0.25, 0.3) is 0 Å². The van der Waals surface area contributed by atoms with Gasteiger partial charge in [0.2, 0.25) is 5.91 Å². The minimum atomic E-state index is 0.0766. The number of hydrogen-bond donors (Lipinski definition) is 2. The lowest BCUT2D eigenvalue weighted by atomic mass is 9.92. The highest BCUT2D eigenvalue weighted by atomic mass is 16.1. The van der Waals surface area contributed by atoms with Crippen molar-refractivity contribution in [2.75, 3.05) is 6.54 Å². The van der Waals surface area contributed by atoms with E-state index in [9.17, 15) is 4.79 Å². The summed E-state index contributed by atoms with van der Waals surface area (Å²) in [6.45, 7) is 3.20. The van der Waals surface area contributed by atoms with Crippen molar-refractivity contribution in [1.29, 1.82) is 0 Å². The average Bonchev–Trinajstić information content (AvgIpc) is 2.70. The van der Waals surface area contributed by atoms with Crippen LogP contribution in [-0.2, 0) is 17.8 Å². The summed E-state index contributed by atoms with van der Waals surface area (Å²) in [5.74, 6) is 0.0766. The van der Waals surface area contributed by atoms with Gasteiger partial charge in [-0.15, -0.1) is 0 Å². The molecule has 0 saturated carbocycles. The Morgan fingerprint density at radius 3 is 3.12 bits per heavy atom. The molecule has 1 amide bonds. The van der Waals surface area contributed by atoms with Crippen LogP contribution in [0.3, 0.4) is 0 Å². The van der Waals surface area contributed by atoms with Gasteiger partial charge in [-0.05, 0) is 36.8 Å². The monoisotopic (exact) mass is 235 g/mol. The second kappa shape index (κ2) is 5.36. The van der Waals surface area contributed by atoms with Gasteiger partial charge in [0.05, 0.1) is 0 Å². The summed E-state index contributed by atoms with van der Waals surface area (Å²) in [7, 11) is 0. The van der Waals surface area contributed by atoms with Crippen LogP contribution in [0.25, 0.3) is 0 Å². The van der Waals surface area contributed by atoms with E-state index in [1.807, 2.05) is 17.7 Å². The highest BCUT2D eigenvalue weighted by Crippen LogP contribution is 2.28. The molecule has 4 heteroatoms. The Morgan fingerprint density at radius 2 is 2.41 bits per heavy atom. The smallest absolute Gasteiger partial charge is 0.239 e. The largest absolute Gasteiger partial charge is 0.355 e. The number of nitrogens with one attached hydrogen (secondary N) is 1. The molecule has 94 valence electrons. The van der Waals surface area contributed by atoms with Crippen LogP contribution in [0.15, 0.2) is 12.4 Å². The van der Waals surface area contributed by atoms with Gasteiger partial charge in [-0.3, -0.25) is 4.79 Å². The number of nitrogens with two attached hydrogens (primary N) is 1. The molecule has 4 nitrogen and oxygen atoms in total. The summed E-state index contributed by atoms with van der Waals surface area (Å²) in [6.07, 6.45) is 8.37. The van der Waals surface area contributed by atoms with Gasteiger partial charge in [-0.25, -0.2) is 0 Å². The molecule has 0 radical (unpaired) electrons. The topological polar surface area (TPSA) is 60.0 Å². The molecule has 2 rings (SSSR count). The summed E-state index contributed by atoms with van der Waals surface area (Å²) in [5, 5.41) is 2.88. The highest BCUT2D eigenvalue weighted by Gasteiger charge is 2.19. The van der Waals surface area contributed by atoms with Crippen LogP contribution in [-0.4, -0.2) is 17.0 Å². The predicted molar refractivity (Wildman–Crippen MR) is 67.6 cm³/mol. The van der Waals surface area contributed by atoms with Crippen molar-refractivity contribution in [2.45, 2.75) is 45.2 Å². The zero-order valence-electron chi connectivity index (χ0n) is 10.4. The number of rotatable bonds is 4. The fraction of sp³-hybridized carbons (Fsp3) is 0.615. The Balaban J connectivity index is 2.00. The van der Waals surface area contributed by atoms with E-state index in [0.717, 1.165) is 32.2 Å². The lowest BCUT2D eigenvalue weighted by Gasteiger charge is -2.17. The van der Waals surface area contributed by atoms with Crippen molar-refractivity contribution >= 4 is 5.91 Å². The first-order chi connectivity index (χ1) is 8.20. The van der Waals surface area contributed by atoms with E-state index in [-0.39, 0.29) is 11.9 Å². The number of carbonyl (C=O) groups is 1. The Labute approximate surface area is 102 Å². The number of hydrogen-bond acceptors (Lipinski definition) is 2. The van der Waals surface area contributed by atoms with E-state index in [2.05, 4.69) is 11.5 Å². The molecule has 3 N–H and O–H groups in total. The van der Waals surface area contributed by atoms with E-state index in [0.29, 0.717) is 6.54 Å². The maximum Gasteiger partial charge on any atom is 0.239 e. The van der Waals surface area contributed by atoms with Crippen molar-refractivity contribution in [2.24, 2.45) is 5.73 Å². The van der Waals surface area contributed by atoms with Crippen LogP contribution in [0, 0.1) is 0 Å². The third-order valence-electron chi connectivity index (χ3n) is 3.26. The summed E-state index contributed by atoms with van der Waals surface area (Å²) in [5.41, 5.74) is 8.59. The van der Waals surface area contributed by atoms with E-state index in [1.54, 1.807) is 0 Å². The van der Waals surface area contributed by atoms with Crippen molar-refractivity contribution in [3.05, 3.63) is 23.5 Å². The van der Waals surface area contributed by atoms with Crippen molar-refractivity contribution in [1.82, 2.24) is 9.88 Å². The molecule has 1 aromatic rings. The standard InChI is InChI=1S/C13H21N3O/c1-2-6-15-13(17)9-16-7-10-4-3-5-12(14)11(10)8-16/h7-8,12H,2-6,9,14H2,1H3,(H,15,17). The van der Waals surface area contributed by atoms with Crippen molar-refractivity contribution < 1.29 is 4.79 Å². The van der Waals surface area contributed by atoms with Gasteiger partial charge in [-0.1, -0.05) is 6.92 Å². The summed E-state index contributed by atoms with van der Waals surface area (Å²) in [4.78, 5) is 11.6. The van der Waals surface area contributed by atoms with Crippen LogP contribution >= 0.6 is 0 Å². The Morgan fingerprint density at radius 1 is 1.59 bits per heavy atom. The zero-order chi connectivity index (χ0) is 12.3. The Bertz CT molecular complexity index is 397. The summed E-state index contributed by atoms with van der Waals surface area (Å²) < 4.78 is 1.96. The van der Waals surface area contributed by atoms with E-state index >= 15 is 0 Å². The Kier molecular flexibility index (Phi) is 3.84. The first-order valence-corrected chi connectivity index (χ1v) is 6.41. The molecule has 0 bridgehead atoms. The number of amides is 1. The third-order valence-corrected chi connectivity index (χ3v) is 3.26. The van der Waals surface area contributed by atoms with Gasteiger partial charge in [0.1, 0.15) is 6.54 Å². The first kappa shape index (κ1) is 12.2. The summed E-state index contributed by atoms with van der Waals surface area (Å²) >= 11 is 0. The van der Waals surface area contributed by atoms with Crippen LogP contribution in [0.4, 0.5) is 0 Å². The lowest BCUT2D eigenvalue weighted by molar-refractivity contribution is -0.121. The van der Waals surface area contributed by atoms with Gasteiger partial charge >= 0.3 is 0 Å². The molecule has 1 aliphatic rings. The number of aryl methyl sites for hydroxylation is 1. The van der Waals surface area contributed by atoms with Gasteiger partial charge in [0.15, 0.2) is 0 Å². The minimum Gasteiger partial charge on any atom is -0.355 e. The fourth-order valence-electron chi connectivity index (χ4n) is 2.36. The molecule has 1 heterocycles. The first-order valence-electron chi connectivity index (χ1n) is 6.41. The van der Waals surface area contributed by atoms with Crippen LogP contribution in [0.5, 0.6) is 0 Å². The maximum atomic E-state index is 11.6. The second-order valence-electron chi connectivity index (χ2n) is 4.76. The second-order valence-corrected chi connectivity index (χ2v) is 4.76. The average molecular weight is 235 g/mol. The van der Waals surface area contributed by atoms with E-state index in [1.165, 1.54) is 11.1 Å². The van der Waals surface area contributed by atoms with Crippen LogP contribution < -0.4 is 11.1 Å². The predicted octanol–water partition coefficient (Wildman–Crippen LogP) is 1.35. The third kappa shape index (κ3) is 2.88. The molecule has 0 spiro atoms. The van der Waals surface area contributed by atoms with Gasteiger partial charge < -0.3 is 15.6 Å². The quantitative estimate of drug-likeness (QED) is 0.827. The van der Waals surface area contributed by atoms with E-state index < -0.39 is 0 Å². The molecule has 0 fully saturated rings. The number of carbonyl (C=O) groups excluding carboxylic acids is 1. The molecule has 0 aromatic carbocycles. The molecule has 0 aliphatic heterocycles. The van der Waals surface area contributed by atoms with Gasteiger partial charge in [-0.2, -0.15) is 0 Å². The minimum absolute atomic E-state index is 0.0766. The molecule has 17 heavy (non-hydrogen) atoms. The molecule has 0 saturated heterocycles. The van der Waals surface area contributed by atoms with Crippen molar-refractivity contribution in [3.8, 4) is 0 Å². The SMILES string of the molecule is CCCNC(=O)Cn1cc2c(c1)C(N)CCC2. The zero-order valence-corrected chi connectivity index (χ0v) is 10.4. The normalized spacial score (nSPS) is 18.8. The number of fused-ring (bicyclic) bond motifs is 1. The summed E-state index contributed by atoms with van der Waals surface area (Å²) in [6, 6.07) is 0.152. The number of nitrogens with zero attached hydrogens (tertiary/aromatic N) is 1. The molecule has 1 atom stereocenters. The lowest BCUT2D eigenvalue weighted by Crippen LogP contribution is -2.27. The molecular formula is C13H21N3O. The van der Waals surface area contributed by atoms with Gasteiger partial charge in [0, 0.05) is 25.0 Å². The number of aromatic nitrogens is 1. The highest BCUT2D eigenvalue weighted by molar-refractivity contribution is 5.75. The molecular weight excluding hydrogens is 214 g/mol. The van der Waals surface area contributed by atoms with Crippen LogP contribution in [0.1, 0.15) is 43.4 Å². The molecule has 1 aromatic heterocycles. The maximum absolute atomic E-state index is 11.6. The van der Waals surface area contributed by atoms with Crippen molar-refractivity contribution in [3.63, 3.8) is 0 Å². The Hall–Kier alpha value is -1.29. The van der Waals surface area contributed by atoms with Crippen LogP contribution in [0.2, 0.25) is 0 Å². The van der Waals surface area contributed by atoms with E-state index in [4.69, 9.17) is 5.73 Å². The molecule has 1 unspecified atom stereocenters.